The summed E-state index contributed by atoms with van der Waals surface area (Å²) in [6.07, 6.45) is -4.54. The fourth-order valence-electron chi connectivity index (χ4n) is 2.74. The van der Waals surface area contributed by atoms with E-state index in [1.165, 1.54) is 4.90 Å². The zero-order valence-electron chi connectivity index (χ0n) is 13.2. The number of aromatic amines is 1. The van der Waals surface area contributed by atoms with E-state index in [-0.39, 0.29) is 5.69 Å². The molecule has 0 bridgehead atoms. The normalized spacial score (nSPS) is 16.2. The molecule has 0 saturated carbocycles. The summed E-state index contributed by atoms with van der Waals surface area (Å²) in [5.41, 5.74) is -0.152. The van der Waals surface area contributed by atoms with Crippen LogP contribution in [0.25, 0.3) is 0 Å². The molecule has 1 aromatic carbocycles. The van der Waals surface area contributed by atoms with Gasteiger partial charge in [0.15, 0.2) is 5.69 Å². The fourth-order valence-corrected chi connectivity index (χ4v) is 2.95. The Morgan fingerprint density at radius 2 is 1.92 bits per heavy atom. The summed E-state index contributed by atoms with van der Waals surface area (Å²) in [7, 11) is 0. The molecule has 1 aliphatic heterocycles. The fraction of sp³-hybridized carbons (Fsp3) is 0.375. The number of alkyl halides is 3. The number of hydrogen-bond donors (Lipinski definition) is 1. The predicted octanol–water partition coefficient (Wildman–Crippen LogP) is 3.04. The quantitative estimate of drug-likeness (QED) is 0.901. The number of rotatable bonds is 3. The van der Waals surface area contributed by atoms with Gasteiger partial charge in [-0.2, -0.15) is 18.3 Å². The molecule has 134 valence electrons. The summed E-state index contributed by atoms with van der Waals surface area (Å²) >= 11 is 5.97. The van der Waals surface area contributed by atoms with E-state index in [2.05, 4.69) is 10.00 Å². The summed E-state index contributed by atoms with van der Waals surface area (Å²) < 4.78 is 37.7. The molecule has 0 atom stereocenters. The van der Waals surface area contributed by atoms with Crippen LogP contribution in [0.4, 0.5) is 13.2 Å². The van der Waals surface area contributed by atoms with Gasteiger partial charge in [0.1, 0.15) is 5.69 Å². The largest absolute Gasteiger partial charge is 0.432 e. The third-order valence-corrected chi connectivity index (χ3v) is 4.29. The Bertz CT molecular complexity index is 754. The van der Waals surface area contributed by atoms with Crippen molar-refractivity contribution in [2.24, 2.45) is 0 Å². The van der Waals surface area contributed by atoms with E-state index in [0.29, 0.717) is 37.7 Å². The maximum atomic E-state index is 12.6. The van der Waals surface area contributed by atoms with E-state index in [1.807, 2.05) is 23.3 Å². The maximum Gasteiger partial charge on any atom is 0.432 e. The highest BCUT2D eigenvalue weighted by Crippen LogP contribution is 2.28. The molecular formula is C16H16ClF3N4O. The van der Waals surface area contributed by atoms with Gasteiger partial charge < -0.3 is 4.90 Å². The van der Waals surface area contributed by atoms with Gasteiger partial charge in [0.2, 0.25) is 0 Å². The molecule has 1 aliphatic rings. The summed E-state index contributed by atoms with van der Waals surface area (Å²) in [5, 5.41) is 6.03. The highest BCUT2D eigenvalue weighted by atomic mass is 35.5. The summed E-state index contributed by atoms with van der Waals surface area (Å²) in [5.74, 6) is -0.492. The lowest BCUT2D eigenvalue weighted by Crippen LogP contribution is -2.48. The smallest absolute Gasteiger partial charge is 0.335 e. The lowest BCUT2D eigenvalue weighted by Gasteiger charge is -2.34. The van der Waals surface area contributed by atoms with E-state index in [0.717, 1.165) is 11.6 Å². The van der Waals surface area contributed by atoms with E-state index in [1.54, 1.807) is 6.07 Å². The second-order valence-electron chi connectivity index (χ2n) is 5.86. The molecular weight excluding hydrogens is 357 g/mol. The Kier molecular flexibility index (Phi) is 5.01. The lowest BCUT2D eigenvalue weighted by molar-refractivity contribution is -0.141. The zero-order valence-corrected chi connectivity index (χ0v) is 13.9. The SMILES string of the molecule is O=C(c1cc(C(F)(F)F)[nH]n1)N1CCN(Cc2cccc(Cl)c2)CC1. The molecule has 2 aromatic rings. The van der Waals surface area contributed by atoms with Gasteiger partial charge in [-0.05, 0) is 17.7 Å². The van der Waals surface area contributed by atoms with Gasteiger partial charge in [-0.15, -0.1) is 0 Å². The van der Waals surface area contributed by atoms with Crippen molar-refractivity contribution in [3.63, 3.8) is 0 Å². The van der Waals surface area contributed by atoms with Crippen molar-refractivity contribution >= 4 is 17.5 Å². The van der Waals surface area contributed by atoms with Gasteiger partial charge in [0.25, 0.3) is 5.91 Å². The Labute approximate surface area is 147 Å². The van der Waals surface area contributed by atoms with E-state index >= 15 is 0 Å². The molecule has 0 aliphatic carbocycles. The number of nitrogens with zero attached hydrogens (tertiary/aromatic N) is 3. The van der Waals surface area contributed by atoms with E-state index in [4.69, 9.17) is 11.6 Å². The summed E-state index contributed by atoms with van der Waals surface area (Å²) in [6, 6.07) is 8.31. The van der Waals surface area contributed by atoms with Gasteiger partial charge in [0, 0.05) is 43.8 Å². The topological polar surface area (TPSA) is 52.2 Å². The molecule has 9 heteroatoms. The van der Waals surface area contributed by atoms with Crippen LogP contribution in [0, 0.1) is 0 Å². The van der Waals surface area contributed by atoms with Gasteiger partial charge in [-0.3, -0.25) is 14.8 Å². The molecule has 25 heavy (non-hydrogen) atoms. The Morgan fingerprint density at radius 3 is 2.52 bits per heavy atom. The first-order chi connectivity index (χ1) is 11.8. The van der Waals surface area contributed by atoms with Crippen LogP contribution in [-0.4, -0.2) is 52.1 Å². The van der Waals surface area contributed by atoms with Gasteiger partial charge in [-0.1, -0.05) is 23.7 Å². The van der Waals surface area contributed by atoms with Crippen LogP contribution < -0.4 is 0 Å². The maximum absolute atomic E-state index is 12.6. The Morgan fingerprint density at radius 1 is 1.20 bits per heavy atom. The molecule has 0 unspecified atom stereocenters. The third kappa shape index (κ3) is 4.32. The highest BCUT2D eigenvalue weighted by molar-refractivity contribution is 6.30. The van der Waals surface area contributed by atoms with Crippen molar-refractivity contribution < 1.29 is 18.0 Å². The van der Waals surface area contributed by atoms with Gasteiger partial charge in [-0.25, -0.2) is 0 Å². The van der Waals surface area contributed by atoms with Crippen LogP contribution in [-0.2, 0) is 12.7 Å². The van der Waals surface area contributed by atoms with Gasteiger partial charge >= 0.3 is 6.18 Å². The molecule has 3 rings (SSSR count). The van der Waals surface area contributed by atoms with Crippen molar-refractivity contribution in [3.05, 3.63) is 52.3 Å². The van der Waals surface area contributed by atoms with E-state index in [9.17, 15) is 18.0 Å². The number of carbonyl (C=O) groups is 1. The molecule has 1 N–H and O–H groups in total. The second kappa shape index (κ2) is 7.05. The van der Waals surface area contributed by atoms with Crippen LogP contribution in [0.3, 0.4) is 0 Å². The van der Waals surface area contributed by atoms with E-state index < -0.39 is 17.8 Å². The minimum absolute atomic E-state index is 0.212. The minimum atomic E-state index is -4.54. The first-order valence-corrected chi connectivity index (χ1v) is 8.09. The second-order valence-corrected chi connectivity index (χ2v) is 6.30. The van der Waals surface area contributed by atoms with Crippen molar-refractivity contribution in [1.82, 2.24) is 20.0 Å². The monoisotopic (exact) mass is 372 g/mol. The Balaban J connectivity index is 1.56. The van der Waals surface area contributed by atoms with Crippen molar-refractivity contribution in [2.75, 3.05) is 26.2 Å². The molecule has 0 spiro atoms. The molecule has 5 nitrogen and oxygen atoms in total. The lowest BCUT2D eigenvalue weighted by atomic mass is 10.2. The molecule has 2 heterocycles. The number of benzene rings is 1. The average Bonchev–Trinajstić information content (AvgIpc) is 3.05. The predicted molar refractivity (Wildman–Crippen MR) is 86.2 cm³/mol. The molecule has 1 fully saturated rings. The van der Waals surface area contributed by atoms with Crippen molar-refractivity contribution in [3.8, 4) is 0 Å². The Hall–Kier alpha value is -2.06. The van der Waals surface area contributed by atoms with Crippen LogP contribution in [0.1, 0.15) is 21.7 Å². The van der Waals surface area contributed by atoms with Gasteiger partial charge in [0.05, 0.1) is 0 Å². The molecule has 1 aromatic heterocycles. The number of nitrogens with one attached hydrogen (secondary N) is 1. The van der Waals surface area contributed by atoms with Crippen molar-refractivity contribution in [1.29, 1.82) is 0 Å². The first-order valence-electron chi connectivity index (χ1n) is 7.71. The van der Waals surface area contributed by atoms with Crippen LogP contribution >= 0.6 is 11.6 Å². The minimum Gasteiger partial charge on any atom is -0.335 e. The number of piperazine rings is 1. The van der Waals surface area contributed by atoms with Crippen LogP contribution in [0.2, 0.25) is 5.02 Å². The molecule has 1 amide bonds. The van der Waals surface area contributed by atoms with Crippen LogP contribution in [0.5, 0.6) is 0 Å². The third-order valence-electron chi connectivity index (χ3n) is 4.06. The summed E-state index contributed by atoms with van der Waals surface area (Å²) in [6.45, 7) is 2.86. The number of carbonyl (C=O) groups excluding carboxylic acids is 1. The summed E-state index contributed by atoms with van der Waals surface area (Å²) in [4.78, 5) is 16.0. The number of H-pyrrole nitrogens is 1. The number of halogens is 4. The zero-order chi connectivity index (χ0) is 18.0. The van der Waals surface area contributed by atoms with Crippen LogP contribution in [0.15, 0.2) is 30.3 Å². The number of amides is 1. The first kappa shape index (κ1) is 17.8. The number of aromatic nitrogens is 2. The molecule has 0 radical (unpaired) electrons. The standard InChI is InChI=1S/C16H16ClF3N4O/c17-12-3-1-2-11(8-12)10-23-4-6-24(7-5-23)15(25)13-9-14(22-21-13)16(18,19)20/h1-3,8-9H,4-7,10H2,(H,21,22). The number of hydrogen-bond acceptors (Lipinski definition) is 3. The average molecular weight is 373 g/mol. The molecule has 1 saturated heterocycles. The van der Waals surface area contributed by atoms with Crippen molar-refractivity contribution in [2.45, 2.75) is 12.7 Å². The highest BCUT2D eigenvalue weighted by Gasteiger charge is 2.34.